The van der Waals surface area contributed by atoms with E-state index in [0.717, 1.165) is 15.8 Å². The minimum atomic E-state index is -0.492. The third-order valence-electron chi connectivity index (χ3n) is 4.33. The van der Waals surface area contributed by atoms with Crippen molar-refractivity contribution >= 4 is 23.2 Å². The molecule has 0 aliphatic heterocycles. The zero-order chi connectivity index (χ0) is 21.7. The van der Waals surface area contributed by atoms with E-state index >= 15 is 0 Å². The SMILES string of the molecule is COc1ccc(C)cc1NC(=O)Cn1nc(C(=O)Nc2ccc(C)cc2)ccc1=O. The molecule has 2 N–H and O–H groups in total. The van der Waals surface area contributed by atoms with Crippen molar-refractivity contribution in [3.63, 3.8) is 0 Å². The summed E-state index contributed by atoms with van der Waals surface area (Å²) < 4.78 is 6.18. The van der Waals surface area contributed by atoms with Crippen molar-refractivity contribution in [2.75, 3.05) is 17.7 Å². The van der Waals surface area contributed by atoms with Crippen molar-refractivity contribution in [1.82, 2.24) is 9.78 Å². The van der Waals surface area contributed by atoms with Crippen LogP contribution in [0.2, 0.25) is 0 Å². The molecule has 0 saturated heterocycles. The number of carbonyl (C=O) groups excluding carboxylic acids is 2. The van der Waals surface area contributed by atoms with Crippen LogP contribution in [-0.2, 0) is 11.3 Å². The zero-order valence-electron chi connectivity index (χ0n) is 16.9. The predicted octanol–water partition coefficient (Wildman–Crippen LogP) is 2.76. The molecule has 3 rings (SSSR count). The summed E-state index contributed by atoms with van der Waals surface area (Å²) in [5.74, 6) is -0.446. The highest BCUT2D eigenvalue weighted by Gasteiger charge is 2.13. The van der Waals surface area contributed by atoms with Crippen LogP contribution >= 0.6 is 0 Å². The number of nitrogens with zero attached hydrogens (tertiary/aromatic N) is 2. The first-order chi connectivity index (χ1) is 14.4. The Balaban J connectivity index is 1.74. The van der Waals surface area contributed by atoms with Crippen LogP contribution in [0.25, 0.3) is 0 Å². The third kappa shape index (κ3) is 5.11. The Morgan fingerprint density at radius 1 is 0.967 bits per heavy atom. The fraction of sp³-hybridized carbons (Fsp3) is 0.182. The molecule has 8 nitrogen and oxygen atoms in total. The number of methoxy groups -OCH3 is 1. The second kappa shape index (κ2) is 9.04. The van der Waals surface area contributed by atoms with Crippen molar-refractivity contribution in [1.29, 1.82) is 0 Å². The average Bonchev–Trinajstić information content (AvgIpc) is 2.71. The third-order valence-corrected chi connectivity index (χ3v) is 4.33. The number of aromatic nitrogens is 2. The topological polar surface area (TPSA) is 102 Å². The van der Waals surface area contributed by atoms with Crippen LogP contribution < -0.4 is 20.9 Å². The van der Waals surface area contributed by atoms with E-state index in [1.807, 2.05) is 32.0 Å². The van der Waals surface area contributed by atoms with Gasteiger partial charge in [0, 0.05) is 11.8 Å². The number of ether oxygens (including phenoxy) is 1. The molecule has 8 heteroatoms. The summed E-state index contributed by atoms with van der Waals surface area (Å²) >= 11 is 0. The van der Waals surface area contributed by atoms with E-state index in [0.29, 0.717) is 17.1 Å². The van der Waals surface area contributed by atoms with E-state index in [-0.39, 0.29) is 12.2 Å². The van der Waals surface area contributed by atoms with E-state index in [1.165, 1.54) is 19.2 Å². The molecule has 0 bridgehead atoms. The number of aryl methyl sites for hydroxylation is 2. The maximum atomic E-state index is 12.5. The molecule has 0 unspecified atom stereocenters. The van der Waals surface area contributed by atoms with Gasteiger partial charge in [0.2, 0.25) is 5.91 Å². The number of rotatable bonds is 6. The Kier molecular flexibility index (Phi) is 6.26. The Labute approximate surface area is 173 Å². The first kappa shape index (κ1) is 20.8. The summed E-state index contributed by atoms with van der Waals surface area (Å²) in [6.07, 6.45) is 0. The molecule has 0 saturated carbocycles. The van der Waals surface area contributed by atoms with Gasteiger partial charge < -0.3 is 15.4 Å². The van der Waals surface area contributed by atoms with Gasteiger partial charge in [0.05, 0.1) is 12.8 Å². The van der Waals surface area contributed by atoms with Crippen LogP contribution in [0.15, 0.2) is 59.4 Å². The smallest absolute Gasteiger partial charge is 0.276 e. The van der Waals surface area contributed by atoms with Crippen molar-refractivity contribution in [3.05, 3.63) is 81.8 Å². The van der Waals surface area contributed by atoms with Gasteiger partial charge in [-0.25, -0.2) is 4.68 Å². The van der Waals surface area contributed by atoms with Gasteiger partial charge in [-0.3, -0.25) is 14.4 Å². The van der Waals surface area contributed by atoms with Crippen molar-refractivity contribution in [2.24, 2.45) is 0 Å². The molecular formula is C22H22N4O4. The summed E-state index contributed by atoms with van der Waals surface area (Å²) in [5, 5.41) is 9.45. The van der Waals surface area contributed by atoms with E-state index in [2.05, 4.69) is 15.7 Å². The molecule has 154 valence electrons. The fourth-order valence-corrected chi connectivity index (χ4v) is 2.76. The summed E-state index contributed by atoms with van der Waals surface area (Å²) in [4.78, 5) is 37.0. The minimum absolute atomic E-state index is 0.0242. The molecule has 1 aromatic heterocycles. The molecule has 0 aliphatic carbocycles. The van der Waals surface area contributed by atoms with Gasteiger partial charge in [0.1, 0.15) is 18.0 Å². The first-order valence-electron chi connectivity index (χ1n) is 9.26. The Morgan fingerprint density at radius 3 is 2.37 bits per heavy atom. The molecule has 0 fully saturated rings. The van der Waals surface area contributed by atoms with Gasteiger partial charge in [-0.1, -0.05) is 23.8 Å². The first-order valence-corrected chi connectivity index (χ1v) is 9.26. The monoisotopic (exact) mass is 406 g/mol. The highest BCUT2D eigenvalue weighted by Crippen LogP contribution is 2.25. The number of nitrogens with one attached hydrogen (secondary N) is 2. The molecule has 2 aromatic carbocycles. The largest absolute Gasteiger partial charge is 0.495 e. The Morgan fingerprint density at radius 2 is 1.67 bits per heavy atom. The van der Waals surface area contributed by atoms with Gasteiger partial charge in [-0.15, -0.1) is 0 Å². The average molecular weight is 406 g/mol. The quantitative estimate of drug-likeness (QED) is 0.655. The zero-order valence-corrected chi connectivity index (χ0v) is 16.9. The molecule has 0 atom stereocenters. The predicted molar refractivity (Wildman–Crippen MR) is 114 cm³/mol. The lowest BCUT2D eigenvalue weighted by Crippen LogP contribution is -2.31. The second-order valence-corrected chi connectivity index (χ2v) is 6.79. The molecule has 0 radical (unpaired) electrons. The normalized spacial score (nSPS) is 10.4. The molecule has 3 aromatic rings. The lowest BCUT2D eigenvalue weighted by Gasteiger charge is -2.12. The van der Waals surface area contributed by atoms with Crippen molar-refractivity contribution in [3.8, 4) is 5.75 Å². The Bertz CT molecular complexity index is 1140. The van der Waals surface area contributed by atoms with Crippen molar-refractivity contribution < 1.29 is 14.3 Å². The molecule has 0 aliphatic rings. The molecule has 2 amide bonds. The fourth-order valence-electron chi connectivity index (χ4n) is 2.76. The second-order valence-electron chi connectivity index (χ2n) is 6.79. The number of anilines is 2. The van der Waals surface area contributed by atoms with Crippen LogP contribution in [-0.4, -0.2) is 28.7 Å². The van der Waals surface area contributed by atoms with Crippen LogP contribution in [0.1, 0.15) is 21.6 Å². The maximum Gasteiger partial charge on any atom is 0.276 e. The number of benzene rings is 2. The number of carbonyl (C=O) groups is 2. The van der Waals surface area contributed by atoms with Gasteiger partial charge in [-0.05, 0) is 49.7 Å². The summed E-state index contributed by atoms with van der Waals surface area (Å²) in [7, 11) is 1.50. The van der Waals surface area contributed by atoms with Crippen LogP contribution in [0.4, 0.5) is 11.4 Å². The van der Waals surface area contributed by atoms with E-state index < -0.39 is 17.4 Å². The number of hydrogen-bond donors (Lipinski definition) is 2. The summed E-state index contributed by atoms with van der Waals surface area (Å²) in [5.41, 5.74) is 2.63. The van der Waals surface area contributed by atoms with E-state index in [9.17, 15) is 14.4 Å². The van der Waals surface area contributed by atoms with Crippen LogP contribution in [0, 0.1) is 13.8 Å². The lowest BCUT2D eigenvalue weighted by atomic mass is 10.2. The lowest BCUT2D eigenvalue weighted by molar-refractivity contribution is -0.117. The maximum absolute atomic E-state index is 12.5. The van der Waals surface area contributed by atoms with Gasteiger partial charge in [0.25, 0.3) is 11.5 Å². The summed E-state index contributed by atoms with van der Waals surface area (Å²) in [6, 6.07) is 15.2. The van der Waals surface area contributed by atoms with Gasteiger partial charge >= 0.3 is 0 Å². The summed E-state index contributed by atoms with van der Waals surface area (Å²) in [6.45, 7) is 3.49. The standard InChI is InChI=1S/C22H22N4O4/c1-14-4-7-16(8-5-14)23-22(29)17-9-11-21(28)26(25-17)13-20(27)24-18-12-15(2)6-10-19(18)30-3/h4-12H,13H2,1-3H3,(H,23,29)(H,24,27). The van der Waals surface area contributed by atoms with Gasteiger partial charge in [0.15, 0.2) is 0 Å². The molecule has 1 heterocycles. The Hall–Kier alpha value is -3.94. The molecule has 30 heavy (non-hydrogen) atoms. The van der Waals surface area contributed by atoms with E-state index in [1.54, 1.807) is 24.3 Å². The van der Waals surface area contributed by atoms with Crippen molar-refractivity contribution in [2.45, 2.75) is 20.4 Å². The van der Waals surface area contributed by atoms with Crippen LogP contribution in [0.5, 0.6) is 5.75 Å². The highest BCUT2D eigenvalue weighted by molar-refractivity contribution is 6.02. The number of amides is 2. The minimum Gasteiger partial charge on any atom is -0.495 e. The van der Waals surface area contributed by atoms with Gasteiger partial charge in [-0.2, -0.15) is 5.10 Å². The highest BCUT2D eigenvalue weighted by atomic mass is 16.5. The van der Waals surface area contributed by atoms with E-state index in [4.69, 9.17) is 4.74 Å². The molecular weight excluding hydrogens is 384 g/mol. The molecule has 0 spiro atoms. The number of hydrogen-bond acceptors (Lipinski definition) is 5. The van der Waals surface area contributed by atoms with Crippen LogP contribution in [0.3, 0.4) is 0 Å².